The molecule has 1 fully saturated rings. The maximum atomic E-state index is 12.0. The van der Waals surface area contributed by atoms with E-state index in [9.17, 15) is 14.7 Å². The molecule has 1 aliphatic rings. The number of ether oxygens (including phenoxy) is 3. The Morgan fingerprint density at radius 1 is 1.33 bits per heavy atom. The van der Waals surface area contributed by atoms with Gasteiger partial charge < -0.3 is 24.4 Å². The Morgan fingerprint density at radius 2 is 2.00 bits per heavy atom. The maximum Gasteiger partial charge on any atom is 0.338 e. The van der Waals surface area contributed by atoms with E-state index in [2.05, 4.69) is 0 Å². The first-order valence-electron chi connectivity index (χ1n) is 6.35. The van der Waals surface area contributed by atoms with Crippen LogP contribution in [0.25, 0.3) is 0 Å². The average Bonchev–Trinajstić information content (AvgIpc) is 2.52. The largest absolute Gasteiger partial charge is 0.448 e. The van der Waals surface area contributed by atoms with E-state index in [1.165, 1.54) is 19.2 Å². The third-order valence-electron chi connectivity index (χ3n) is 3.14. The zero-order valence-corrected chi connectivity index (χ0v) is 11.3. The van der Waals surface area contributed by atoms with E-state index in [4.69, 9.17) is 19.3 Å². The van der Waals surface area contributed by atoms with Crippen molar-refractivity contribution in [1.29, 1.82) is 0 Å². The number of ketones is 1. The smallest absolute Gasteiger partial charge is 0.338 e. The first kappa shape index (κ1) is 15.6. The van der Waals surface area contributed by atoms with Gasteiger partial charge in [0.05, 0.1) is 12.2 Å². The number of carbonyl (C=O) groups is 2. The highest BCUT2D eigenvalue weighted by Gasteiger charge is 2.46. The van der Waals surface area contributed by atoms with E-state index < -0.39 is 43.0 Å². The first-order valence-corrected chi connectivity index (χ1v) is 6.35. The molecule has 0 spiro atoms. The lowest BCUT2D eigenvalue weighted by atomic mass is 10.0. The predicted octanol–water partition coefficient (Wildman–Crippen LogP) is -0.494. The van der Waals surface area contributed by atoms with Crippen LogP contribution in [0.15, 0.2) is 30.3 Å². The number of carbonyl (C=O) groups excluding carboxylic acids is 2. The monoisotopic (exact) mass is 296 g/mol. The van der Waals surface area contributed by atoms with Crippen molar-refractivity contribution < 1.29 is 34.0 Å². The number of aliphatic hydroxyl groups is 2. The lowest BCUT2D eigenvalue weighted by Crippen LogP contribution is -2.58. The van der Waals surface area contributed by atoms with Gasteiger partial charge in [0, 0.05) is 7.11 Å². The average molecular weight is 296 g/mol. The Labute approximate surface area is 121 Å². The Morgan fingerprint density at radius 3 is 2.57 bits per heavy atom. The molecule has 0 aromatic heterocycles. The lowest BCUT2D eigenvalue weighted by molar-refractivity contribution is -0.233. The topological polar surface area (TPSA) is 102 Å². The number of aliphatic hydroxyl groups excluding tert-OH is 2. The van der Waals surface area contributed by atoms with Crippen molar-refractivity contribution in [2.24, 2.45) is 0 Å². The number of hydrogen-bond donors (Lipinski definition) is 2. The quantitative estimate of drug-likeness (QED) is 0.722. The molecule has 1 aliphatic heterocycles. The molecule has 7 heteroatoms. The minimum absolute atomic E-state index is 0.249. The first-order chi connectivity index (χ1) is 10.1. The van der Waals surface area contributed by atoms with Crippen LogP contribution in [0, 0.1) is 0 Å². The third-order valence-corrected chi connectivity index (χ3v) is 3.14. The van der Waals surface area contributed by atoms with Crippen LogP contribution in [-0.4, -0.2) is 60.3 Å². The minimum atomic E-state index is -1.46. The Kier molecular flexibility index (Phi) is 5.03. The summed E-state index contributed by atoms with van der Waals surface area (Å²) in [4.78, 5) is 24.0. The van der Waals surface area contributed by atoms with Gasteiger partial charge in [-0.3, -0.25) is 4.79 Å². The van der Waals surface area contributed by atoms with E-state index in [1.54, 1.807) is 18.2 Å². The molecular weight excluding hydrogens is 280 g/mol. The Bertz CT molecular complexity index is 501. The fourth-order valence-corrected chi connectivity index (χ4v) is 2.01. The van der Waals surface area contributed by atoms with Gasteiger partial charge in [-0.25, -0.2) is 4.79 Å². The molecule has 21 heavy (non-hydrogen) atoms. The second-order valence-corrected chi connectivity index (χ2v) is 4.51. The van der Waals surface area contributed by atoms with Crippen molar-refractivity contribution in [2.45, 2.75) is 24.6 Å². The van der Waals surface area contributed by atoms with E-state index in [0.717, 1.165) is 0 Å². The molecule has 2 N–H and O–H groups in total. The predicted molar refractivity (Wildman–Crippen MR) is 69.4 cm³/mol. The van der Waals surface area contributed by atoms with E-state index in [1.807, 2.05) is 0 Å². The summed E-state index contributed by atoms with van der Waals surface area (Å²) < 4.78 is 14.9. The summed E-state index contributed by atoms with van der Waals surface area (Å²) in [7, 11) is 1.24. The van der Waals surface area contributed by atoms with Crippen LogP contribution < -0.4 is 0 Å². The van der Waals surface area contributed by atoms with Crippen molar-refractivity contribution >= 4 is 11.8 Å². The fraction of sp³-hybridized carbons (Fsp3) is 0.429. The van der Waals surface area contributed by atoms with Crippen LogP contribution in [0.1, 0.15) is 10.4 Å². The van der Waals surface area contributed by atoms with Gasteiger partial charge in [-0.2, -0.15) is 0 Å². The van der Waals surface area contributed by atoms with Crippen LogP contribution in [0.2, 0.25) is 0 Å². The van der Waals surface area contributed by atoms with Crippen molar-refractivity contribution in [3.63, 3.8) is 0 Å². The summed E-state index contributed by atoms with van der Waals surface area (Å²) in [5.74, 6) is -1.46. The Balaban J connectivity index is 2.15. The van der Waals surface area contributed by atoms with Gasteiger partial charge in [0.2, 0.25) is 12.1 Å². The molecule has 0 aliphatic carbocycles. The van der Waals surface area contributed by atoms with Crippen LogP contribution in [0.4, 0.5) is 0 Å². The molecule has 0 amide bonds. The molecule has 1 saturated heterocycles. The number of esters is 1. The molecule has 0 unspecified atom stereocenters. The zero-order chi connectivity index (χ0) is 15.4. The molecule has 0 bridgehead atoms. The van der Waals surface area contributed by atoms with Crippen molar-refractivity contribution in [3.8, 4) is 0 Å². The number of Topliss-reactive ketones (excluding diaryl/α,β-unsaturated/α-hetero) is 1. The molecule has 0 saturated carbocycles. The molecule has 1 aromatic carbocycles. The second-order valence-electron chi connectivity index (χ2n) is 4.51. The highest BCUT2D eigenvalue weighted by Crippen LogP contribution is 2.21. The summed E-state index contributed by atoms with van der Waals surface area (Å²) >= 11 is 0. The minimum Gasteiger partial charge on any atom is -0.448 e. The van der Waals surface area contributed by atoms with Gasteiger partial charge in [-0.05, 0) is 12.1 Å². The highest BCUT2D eigenvalue weighted by atomic mass is 16.7. The SMILES string of the molecule is CO[C@H]1O[C@H](CO)[C@@H](O)[C@H](OC(=O)c2ccccc2)C1=O. The number of rotatable bonds is 4. The zero-order valence-electron chi connectivity index (χ0n) is 11.3. The van der Waals surface area contributed by atoms with E-state index >= 15 is 0 Å². The lowest BCUT2D eigenvalue weighted by Gasteiger charge is -2.35. The van der Waals surface area contributed by atoms with Gasteiger partial charge in [-0.1, -0.05) is 18.2 Å². The second kappa shape index (κ2) is 6.77. The summed E-state index contributed by atoms with van der Waals surface area (Å²) in [5.41, 5.74) is 0.249. The molecule has 4 atom stereocenters. The number of hydrogen-bond acceptors (Lipinski definition) is 7. The third kappa shape index (κ3) is 3.27. The van der Waals surface area contributed by atoms with Crippen LogP contribution in [-0.2, 0) is 19.0 Å². The van der Waals surface area contributed by atoms with Gasteiger partial charge in [-0.15, -0.1) is 0 Å². The van der Waals surface area contributed by atoms with Gasteiger partial charge in [0.1, 0.15) is 12.2 Å². The molecule has 7 nitrogen and oxygen atoms in total. The summed E-state index contributed by atoms with van der Waals surface area (Å²) in [6.45, 7) is -0.534. The molecule has 1 aromatic rings. The summed E-state index contributed by atoms with van der Waals surface area (Å²) in [6, 6.07) is 8.07. The maximum absolute atomic E-state index is 12.0. The van der Waals surface area contributed by atoms with Crippen LogP contribution in [0.3, 0.4) is 0 Å². The molecule has 0 radical (unpaired) electrons. The van der Waals surface area contributed by atoms with E-state index in [0.29, 0.717) is 0 Å². The van der Waals surface area contributed by atoms with Crippen molar-refractivity contribution in [2.75, 3.05) is 13.7 Å². The highest BCUT2D eigenvalue weighted by molar-refractivity contribution is 5.94. The fourth-order valence-electron chi connectivity index (χ4n) is 2.01. The van der Waals surface area contributed by atoms with Crippen LogP contribution >= 0.6 is 0 Å². The van der Waals surface area contributed by atoms with Crippen molar-refractivity contribution in [1.82, 2.24) is 0 Å². The molecule has 114 valence electrons. The van der Waals surface area contributed by atoms with Gasteiger partial charge in [0.15, 0.2) is 6.10 Å². The van der Waals surface area contributed by atoms with E-state index in [-0.39, 0.29) is 5.56 Å². The Hall–Kier alpha value is -1.80. The van der Waals surface area contributed by atoms with Gasteiger partial charge in [0.25, 0.3) is 0 Å². The van der Waals surface area contributed by atoms with Crippen LogP contribution in [0.5, 0.6) is 0 Å². The summed E-state index contributed by atoms with van der Waals surface area (Å²) in [6.07, 6.45) is -5.27. The normalized spacial score (nSPS) is 29.2. The van der Waals surface area contributed by atoms with Gasteiger partial charge >= 0.3 is 5.97 Å². The molecule has 2 rings (SSSR count). The summed E-state index contributed by atoms with van der Waals surface area (Å²) in [5, 5.41) is 19.1. The molecular formula is C14H16O7. The number of methoxy groups -OCH3 is 1. The standard InChI is InChI=1S/C14H16O7/c1-19-14-11(17)12(10(16)9(7-15)20-14)21-13(18)8-5-3-2-4-6-8/h2-6,9-10,12,14-16H,7H2,1H3/t9-,10-,12+,14+/m1/s1. The molecule has 1 heterocycles. The number of benzene rings is 1. The van der Waals surface area contributed by atoms with Crippen molar-refractivity contribution in [3.05, 3.63) is 35.9 Å².